The van der Waals surface area contributed by atoms with E-state index in [2.05, 4.69) is 18.0 Å². The van der Waals surface area contributed by atoms with Gasteiger partial charge in [0.15, 0.2) is 5.78 Å². The van der Waals surface area contributed by atoms with Crippen molar-refractivity contribution >= 4 is 41.3 Å². The first-order chi connectivity index (χ1) is 26.0. The Hall–Kier alpha value is -2.92. The summed E-state index contributed by atoms with van der Waals surface area (Å²) in [5.74, 6) is -0.362. The van der Waals surface area contributed by atoms with E-state index in [4.69, 9.17) is 23.5 Å². The van der Waals surface area contributed by atoms with Gasteiger partial charge < -0.3 is 39.5 Å². The molecular formula is C41H76BF3LiN3O12S. The molecule has 0 atom stereocenters. The first-order valence-electron chi connectivity index (χ1n) is 19.1. The van der Waals surface area contributed by atoms with Crippen LogP contribution in [-0.4, -0.2) is 114 Å². The van der Waals surface area contributed by atoms with E-state index in [1.165, 1.54) is 11.3 Å². The minimum absolute atomic E-state index is 0. The second-order valence-corrected chi connectivity index (χ2v) is 19.3. The number of halogens is 3. The zero-order valence-corrected chi connectivity index (χ0v) is 38.4. The van der Waals surface area contributed by atoms with Crippen LogP contribution in [-0.2, 0) is 42.6 Å². The van der Waals surface area contributed by atoms with Gasteiger partial charge in [0.25, 0.3) is 0 Å². The summed E-state index contributed by atoms with van der Waals surface area (Å²) in [7, 11) is -6.10. The molecule has 62 heavy (non-hydrogen) atoms. The third-order valence-electron chi connectivity index (χ3n) is 8.21. The molecule has 2 saturated heterocycles. The Bertz CT molecular complexity index is 1600. The zero-order valence-electron chi connectivity index (χ0n) is 37.6. The molecule has 0 radical (unpaired) electrons. The minimum atomic E-state index is -5.71. The van der Waals surface area contributed by atoms with Crippen molar-refractivity contribution in [1.82, 2.24) is 14.7 Å². The molecule has 2 fully saturated rings. The third-order valence-corrected chi connectivity index (χ3v) is 9.21. The van der Waals surface area contributed by atoms with E-state index in [1.54, 1.807) is 31.9 Å². The van der Waals surface area contributed by atoms with E-state index in [0.717, 1.165) is 29.4 Å². The number of likely N-dealkylation sites (tertiary alicyclic amines) is 1. The molecule has 15 nitrogen and oxygen atoms in total. The number of carbonyl (C=O) groups excluding carboxylic acids is 4. The van der Waals surface area contributed by atoms with Crippen molar-refractivity contribution in [1.29, 1.82) is 0 Å². The van der Waals surface area contributed by atoms with Crippen LogP contribution in [0.5, 0.6) is 0 Å². The molecule has 0 aromatic carbocycles. The summed E-state index contributed by atoms with van der Waals surface area (Å²) in [5, 5.41) is 0. The van der Waals surface area contributed by atoms with Crippen molar-refractivity contribution in [2.75, 3.05) is 26.2 Å². The number of alkyl halides is 3. The van der Waals surface area contributed by atoms with E-state index in [0.29, 0.717) is 19.5 Å². The average Bonchev–Trinajstić information content (AvgIpc) is 3.82. The number of ether oxygens (including phenoxy) is 3. The topological polar surface area (TPSA) is 168 Å². The van der Waals surface area contributed by atoms with Gasteiger partial charge in [-0.15, -0.1) is 0 Å². The summed E-state index contributed by atoms with van der Waals surface area (Å²) in [6.45, 7) is 31.0. The standard InChI is InChI=1S/C15H26BNO4.C10H14F3NO5S.C9H15NO3.C4H9.3CH4.Li/c1-13(2,3)19-12(18)17-9-8-11(10-17)16-20-14(4,5)15(6,7)21-16;1-9(2,3)18-8(15)14-5-4-7(6-14)19-20(16,17)10(11,12)13;1-9(2,3)13-8(12)10-5-4-7(11)6-10;1-3-4-2;;;;/h10H,8-9H2,1-7H3;6H,4-5H2,1-3H3;4-6H2,1-3H3;1,3-4H2,2H3;3*1H4;/q;;;-1;;;;+1. The maximum absolute atomic E-state index is 12.1. The molecule has 0 unspecified atom stereocenters. The molecule has 358 valence electrons. The Balaban J connectivity index is -0.000000386. The smallest absolute Gasteiger partial charge is 0.444 e. The van der Waals surface area contributed by atoms with Crippen LogP contribution in [0.2, 0.25) is 0 Å². The largest absolute Gasteiger partial charge is 1.00 e. The third kappa shape index (κ3) is 22.6. The molecule has 4 rings (SSSR count). The molecule has 4 aliphatic heterocycles. The molecule has 0 N–H and O–H groups in total. The SMILES string of the molecule is C.C.C.CC(C)(C)OC(=O)N1C=C(B2OC(C)(C)C(C)(C)O2)CC1.CC(C)(C)OC(=O)N1C=C(OS(=O)(=O)C(F)(F)F)CC1.CC(C)(C)OC(=O)N1CCC(=O)C1.[CH2-]CCC.[Li+]. The summed E-state index contributed by atoms with van der Waals surface area (Å²) in [6.07, 6.45) is 4.52. The van der Waals surface area contributed by atoms with Crippen LogP contribution in [0.15, 0.2) is 23.6 Å². The molecule has 0 saturated carbocycles. The van der Waals surface area contributed by atoms with E-state index in [1.807, 2.05) is 69.2 Å². The van der Waals surface area contributed by atoms with Crippen LogP contribution in [0.4, 0.5) is 27.6 Å². The Morgan fingerprint density at radius 1 is 0.742 bits per heavy atom. The molecule has 0 aromatic heterocycles. The quantitative estimate of drug-likeness (QED) is 0.0916. The monoisotopic (exact) mass is 910 g/mol. The van der Waals surface area contributed by atoms with Gasteiger partial charge in [-0.3, -0.25) is 14.6 Å². The van der Waals surface area contributed by atoms with Crippen LogP contribution < -0.4 is 18.9 Å². The summed E-state index contributed by atoms with van der Waals surface area (Å²) >= 11 is 0. The molecule has 0 bridgehead atoms. The maximum atomic E-state index is 12.1. The van der Waals surface area contributed by atoms with Crippen LogP contribution in [0.1, 0.15) is 151 Å². The summed E-state index contributed by atoms with van der Waals surface area (Å²) in [4.78, 5) is 49.9. The molecule has 21 heteroatoms. The normalized spacial score (nSPS) is 17.9. The van der Waals surface area contributed by atoms with Gasteiger partial charge >= 0.3 is 59.9 Å². The molecule has 0 aliphatic carbocycles. The summed E-state index contributed by atoms with van der Waals surface area (Å²) < 4.78 is 89.4. The molecular weight excluding hydrogens is 833 g/mol. The van der Waals surface area contributed by atoms with Crippen molar-refractivity contribution in [3.05, 3.63) is 30.6 Å². The van der Waals surface area contributed by atoms with Crippen LogP contribution >= 0.6 is 0 Å². The molecule has 0 aromatic rings. The fourth-order valence-electron chi connectivity index (χ4n) is 4.58. The van der Waals surface area contributed by atoms with Crippen molar-refractivity contribution in [2.45, 2.75) is 185 Å². The van der Waals surface area contributed by atoms with Gasteiger partial charge in [0.2, 0.25) is 0 Å². The number of hydrogen-bond acceptors (Lipinski definition) is 12. The Kier molecular flexibility index (Phi) is 27.1. The molecule has 4 aliphatic rings. The fraction of sp³-hybridized carbons (Fsp3) is 0.780. The fourth-order valence-corrected chi connectivity index (χ4v) is 5.08. The maximum Gasteiger partial charge on any atom is 1.00 e. The first-order valence-corrected chi connectivity index (χ1v) is 20.5. The van der Waals surface area contributed by atoms with Gasteiger partial charge in [-0.25, -0.2) is 14.4 Å². The van der Waals surface area contributed by atoms with Crippen molar-refractivity contribution < 1.29 is 87.3 Å². The van der Waals surface area contributed by atoms with E-state index < -0.39 is 50.4 Å². The van der Waals surface area contributed by atoms with E-state index in [-0.39, 0.29) is 90.8 Å². The van der Waals surface area contributed by atoms with E-state index in [9.17, 15) is 40.8 Å². The number of carbonyl (C=O) groups is 4. The predicted octanol–water partition coefficient (Wildman–Crippen LogP) is 7.21. The van der Waals surface area contributed by atoms with Crippen LogP contribution in [0.25, 0.3) is 0 Å². The summed E-state index contributed by atoms with van der Waals surface area (Å²) in [6, 6.07) is 0. The molecule has 3 amide bonds. The Labute approximate surface area is 383 Å². The number of rotatable bonds is 4. The van der Waals surface area contributed by atoms with Crippen molar-refractivity contribution in [3.8, 4) is 0 Å². The first kappa shape index (κ1) is 65.7. The molecule has 0 spiro atoms. The van der Waals surface area contributed by atoms with Crippen molar-refractivity contribution in [3.63, 3.8) is 0 Å². The second-order valence-electron chi connectivity index (χ2n) is 17.8. The number of amides is 3. The predicted molar refractivity (Wildman–Crippen MR) is 231 cm³/mol. The van der Waals surface area contributed by atoms with Gasteiger partial charge in [0.1, 0.15) is 22.6 Å². The Morgan fingerprint density at radius 3 is 1.48 bits per heavy atom. The summed E-state index contributed by atoms with van der Waals surface area (Å²) in [5.41, 5.74) is -6.99. The number of ketones is 1. The van der Waals surface area contributed by atoms with Gasteiger partial charge in [-0.1, -0.05) is 35.6 Å². The van der Waals surface area contributed by atoms with Crippen molar-refractivity contribution in [2.24, 2.45) is 0 Å². The number of nitrogens with zero attached hydrogens (tertiary/aromatic N) is 3. The van der Waals surface area contributed by atoms with Gasteiger partial charge in [0.05, 0.1) is 17.7 Å². The Morgan fingerprint density at radius 2 is 1.13 bits per heavy atom. The van der Waals surface area contributed by atoms with Crippen LogP contribution in [0.3, 0.4) is 0 Å². The molecule has 4 heterocycles. The van der Waals surface area contributed by atoms with Gasteiger partial charge in [-0.2, -0.15) is 28.0 Å². The minimum Gasteiger partial charge on any atom is -0.444 e. The van der Waals surface area contributed by atoms with Gasteiger partial charge in [0, 0.05) is 44.9 Å². The second kappa shape index (κ2) is 25.5. The number of hydrogen-bond donors (Lipinski definition) is 0. The van der Waals surface area contributed by atoms with Crippen LogP contribution in [0, 0.1) is 6.92 Å². The van der Waals surface area contributed by atoms with Gasteiger partial charge in [-0.05, 0) is 102 Å². The van der Waals surface area contributed by atoms with E-state index >= 15 is 0 Å². The average molecular weight is 910 g/mol. The zero-order chi connectivity index (χ0) is 45.3. The number of unbranched alkanes of at least 4 members (excludes halogenated alkanes) is 1. The number of Topliss-reactive ketones (excluding diaryl/α,β-unsaturated/α-hetero) is 1.